The van der Waals surface area contributed by atoms with Gasteiger partial charge in [-0.2, -0.15) is 25.3 Å². The zero-order chi connectivity index (χ0) is 80.7. The first-order chi connectivity index (χ1) is 52.5. The number of esters is 1. The molecule has 594 valence electrons. The number of rotatable bonds is 48. The molecule has 0 bridgehead atoms. The molecule has 35 heteroatoms. The zero-order valence-electron chi connectivity index (χ0n) is 61.2. The van der Waals surface area contributed by atoms with Gasteiger partial charge in [0.15, 0.2) is 17.5 Å². The van der Waals surface area contributed by atoms with Gasteiger partial charge in [-0.25, -0.2) is 0 Å². The zero-order valence-corrected chi connectivity index (χ0v) is 63.0. The number of aromatic nitrogens is 1. The van der Waals surface area contributed by atoms with Crippen molar-refractivity contribution in [1.29, 1.82) is 5.41 Å². The molecule has 1 aliphatic heterocycles. The minimum Gasteiger partial charge on any atom is -0.481 e. The summed E-state index contributed by atoms with van der Waals surface area (Å²) < 4.78 is 5.62. The fraction of sp³-hybridized carbons (Fsp3) is 0.467. The van der Waals surface area contributed by atoms with E-state index in [9.17, 15) is 77.3 Å². The van der Waals surface area contributed by atoms with E-state index in [1.807, 2.05) is 66.7 Å². The average Bonchev–Trinajstić information content (AvgIpc) is 1.62. The molecule has 1 fully saturated rings. The minimum atomic E-state index is -1.92. The third kappa shape index (κ3) is 26.4. The molecular formula is C75H100N16O17S2. The Bertz CT molecular complexity index is 3980. The van der Waals surface area contributed by atoms with E-state index in [1.54, 1.807) is 12.1 Å². The summed E-state index contributed by atoms with van der Waals surface area (Å²) in [5.41, 5.74) is 27.5. The van der Waals surface area contributed by atoms with Crippen molar-refractivity contribution in [2.75, 3.05) is 37.8 Å². The van der Waals surface area contributed by atoms with Crippen molar-refractivity contribution in [3.05, 3.63) is 121 Å². The van der Waals surface area contributed by atoms with Crippen molar-refractivity contribution in [2.45, 2.75) is 170 Å². The Hall–Kier alpha value is -10.9. The quantitative estimate of drug-likeness (QED) is 0.00711. The van der Waals surface area contributed by atoms with Crippen LogP contribution in [0.15, 0.2) is 109 Å². The number of aliphatic carboxylic acids is 1. The normalized spacial score (nSPS) is 15.6. The highest BCUT2D eigenvalue weighted by molar-refractivity contribution is 7.80. The number of H-pyrrole nitrogens is 1. The van der Waals surface area contributed by atoms with Gasteiger partial charge in [0.25, 0.3) is 0 Å². The molecule has 3 aromatic carbocycles. The van der Waals surface area contributed by atoms with Crippen molar-refractivity contribution < 1.29 is 82.1 Å². The van der Waals surface area contributed by atoms with Gasteiger partial charge in [0.05, 0.1) is 49.2 Å². The van der Waals surface area contributed by atoms with Crippen LogP contribution < -0.4 is 65.5 Å². The van der Waals surface area contributed by atoms with Crippen LogP contribution in [0.2, 0.25) is 0 Å². The van der Waals surface area contributed by atoms with Gasteiger partial charge in [-0.15, -0.1) is 13.2 Å². The van der Waals surface area contributed by atoms with Crippen LogP contribution in [-0.4, -0.2) is 207 Å². The molecule has 11 atom stereocenters. The Morgan fingerprint density at radius 3 is 1.81 bits per heavy atom. The van der Waals surface area contributed by atoms with Gasteiger partial charge in [0.2, 0.25) is 59.1 Å². The number of nitrogens with two attached hydrogens (primary N) is 4. The number of likely N-dealkylation sites (tertiary alicyclic amines) is 1. The summed E-state index contributed by atoms with van der Waals surface area (Å²) in [4.78, 5) is 200. The number of aliphatic hydroxyl groups is 1. The Kier molecular flexibility index (Phi) is 35.1. The number of primary amides is 1. The van der Waals surface area contributed by atoms with E-state index in [0.29, 0.717) is 18.5 Å². The first kappa shape index (κ1) is 88.0. The van der Waals surface area contributed by atoms with E-state index in [2.05, 4.69) is 90.9 Å². The molecule has 1 unspecified atom stereocenters. The Labute approximate surface area is 646 Å². The van der Waals surface area contributed by atoms with Crippen LogP contribution >= 0.6 is 25.3 Å². The molecule has 0 saturated carbocycles. The second-order valence-electron chi connectivity index (χ2n) is 27.0. The number of hydrogen-bond donors (Lipinski definition) is 18. The number of carbonyl (C=O) groups excluding carboxylic acids is 13. The lowest BCUT2D eigenvalue weighted by Crippen LogP contribution is -2.59. The van der Waals surface area contributed by atoms with Gasteiger partial charge in [-0.3, -0.25) is 77.5 Å². The van der Waals surface area contributed by atoms with Crippen LogP contribution in [0.1, 0.15) is 126 Å². The van der Waals surface area contributed by atoms with E-state index in [4.69, 9.17) is 33.1 Å². The van der Waals surface area contributed by atoms with E-state index in [0.717, 1.165) is 38.1 Å². The number of carboxylic acid groups (broad SMARTS) is 1. The number of amides is 10. The van der Waals surface area contributed by atoms with E-state index < -0.39 is 175 Å². The fourth-order valence-corrected chi connectivity index (χ4v) is 13.4. The predicted molar refractivity (Wildman–Crippen MR) is 414 cm³/mol. The number of para-hydroxylation sites is 1. The number of hydrogen-bond acceptors (Lipinski definition) is 20. The molecule has 6 rings (SSSR count). The molecule has 2 heterocycles. The van der Waals surface area contributed by atoms with Crippen LogP contribution in [0.3, 0.4) is 0 Å². The second-order valence-corrected chi connectivity index (χ2v) is 27.7. The highest BCUT2D eigenvalue weighted by Crippen LogP contribution is 2.44. The number of guanidine groups is 1. The molecule has 33 nitrogen and oxygen atoms in total. The van der Waals surface area contributed by atoms with Crippen LogP contribution in [-0.2, 0) is 78.3 Å². The molecule has 10 amide bonds. The second kappa shape index (κ2) is 43.9. The van der Waals surface area contributed by atoms with Crippen LogP contribution in [0.25, 0.3) is 22.0 Å². The van der Waals surface area contributed by atoms with Gasteiger partial charge in [0.1, 0.15) is 48.9 Å². The van der Waals surface area contributed by atoms with Gasteiger partial charge >= 0.3 is 11.9 Å². The number of benzene rings is 3. The maximum absolute atomic E-state index is 14.4. The van der Waals surface area contributed by atoms with Crippen LogP contribution in [0.5, 0.6) is 0 Å². The van der Waals surface area contributed by atoms with E-state index in [-0.39, 0.29) is 120 Å². The molecule has 0 radical (unpaired) electrons. The Balaban J connectivity index is 1.08. The molecule has 20 N–H and O–H groups in total. The lowest BCUT2D eigenvalue weighted by atomic mass is 9.92. The van der Waals surface area contributed by atoms with Crippen molar-refractivity contribution in [3.8, 4) is 11.1 Å². The number of nitrogens with zero attached hydrogens (tertiary/aromatic N) is 2. The minimum absolute atomic E-state index is 0.0327. The van der Waals surface area contributed by atoms with Crippen molar-refractivity contribution in [3.63, 3.8) is 0 Å². The Morgan fingerprint density at radius 2 is 1.20 bits per heavy atom. The number of nitrogens with one attached hydrogen (secondary N) is 10. The molecule has 110 heavy (non-hydrogen) atoms. The first-order valence-corrected chi connectivity index (χ1v) is 37.4. The number of amidine groups is 1. The van der Waals surface area contributed by atoms with Crippen LogP contribution in [0, 0.1) is 17.2 Å². The van der Waals surface area contributed by atoms with Gasteiger partial charge in [0, 0.05) is 67.4 Å². The first-order valence-electron chi connectivity index (χ1n) is 36.1. The molecule has 4 aromatic rings. The smallest absolute Gasteiger partial charge is 0.306 e. The summed E-state index contributed by atoms with van der Waals surface area (Å²) in [7, 11) is 0. The van der Waals surface area contributed by atoms with Crippen molar-refractivity contribution >= 4 is 131 Å². The summed E-state index contributed by atoms with van der Waals surface area (Å²) in [5, 5.41) is 49.0. The van der Waals surface area contributed by atoms with Crippen molar-refractivity contribution in [1.82, 2.24) is 52.4 Å². The third-order valence-corrected chi connectivity index (χ3v) is 19.5. The number of carbonyl (C=O) groups is 14. The maximum atomic E-state index is 14.4. The highest BCUT2D eigenvalue weighted by atomic mass is 32.1. The summed E-state index contributed by atoms with van der Waals surface area (Å²) in [6, 6.07) is 11.5. The number of thiol groups is 2. The predicted octanol–water partition coefficient (Wildman–Crippen LogP) is 0.400. The maximum Gasteiger partial charge on any atom is 0.306 e. The van der Waals surface area contributed by atoms with E-state index >= 15 is 0 Å². The number of aliphatic hydroxyl groups excluding tert-OH is 1. The van der Waals surface area contributed by atoms with E-state index in [1.165, 1.54) is 19.1 Å². The monoisotopic (exact) mass is 1560 g/mol. The van der Waals surface area contributed by atoms with Crippen LogP contribution in [0.4, 0.5) is 0 Å². The third-order valence-electron chi connectivity index (χ3n) is 18.7. The number of ketones is 2. The summed E-state index contributed by atoms with van der Waals surface area (Å²) in [5.74, 6) is -16.1. The van der Waals surface area contributed by atoms with Gasteiger partial charge in [-0.05, 0) is 104 Å². The van der Waals surface area contributed by atoms with Gasteiger partial charge < -0.3 is 90.3 Å². The molecule has 1 aromatic heterocycles. The summed E-state index contributed by atoms with van der Waals surface area (Å²) in [6.07, 6.45) is 0.460. The molecule has 1 saturated heterocycles. The number of ether oxygens (including phenoxy) is 1. The number of aromatic amines is 1. The molecule has 1 aliphatic carbocycles. The standard InChI is InChI=1S/C75H100N16O17S2/c1-4-16-52(84-63(95)28-29-65(98)108-38-50-48-21-9-7-19-46(48)47-20-8-10-22-49(47)50)61(94)35-44(39-109)68(101)89-57(37-92)72(105)88-56(36-64(96)97)74(107)91-31-15-26-59(91)73(106)87-55(25-14-30-81-75(79)80)70(103)86-53(17-5-2)69(102)82-41(3)60(93)34-43(33-45-32-42-18-6-11-23-51(42)83-45)67(100)85-54(24-12-13-27-62(76)77)71(104)90-58(40-110)66(78)99/h4-11,18-23,32,41,43-44,50,52-59,83,92,109-110H,1-2,12-17,24-31,33-40H2,3H3,(H3,76,77)(H2,78,99)(H,82,102)(H,84,95)(H,85,100)(H,86,103)(H,87,106)(H,88,105)(H,89,101)(H,90,104)(H,96,97)(H4,79,80,81)/t41-,43+,44-,52-,53-,54-,55-,56-,57-,58-,59?/m0/s1. The molecule has 2 aliphatic rings. The summed E-state index contributed by atoms with van der Waals surface area (Å²) >= 11 is 8.36. The SMILES string of the molecule is C=CC[C@H](NC(=O)CCC(=O)OCC1c2ccccc2-c2ccccc21)C(=O)C[C@@H](CS)C(=O)N[C@@H](CO)C(=O)N[C@@H](CC(=O)O)C(=O)N1CCCC1C(=O)N[C@@H](CCCN=C(N)N)C(=O)N[C@@H](CC=C)C(=O)N[C@@H](C)C(=O)C[C@@H](Cc1cc2ccccc2[nH]1)C(=O)N[C@@H](CCCCC(=N)N)C(=O)N[C@@H](CS)C(N)=O. The number of carboxylic acids is 1. The molecule has 0 spiro atoms. The molecular weight excluding hydrogens is 1460 g/mol. The Morgan fingerprint density at radius 1 is 0.636 bits per heavy atom. The average molecular weight is 1560 g/mol. The highest BCUT2D eigenvalue weighted by Gasteiger charge is 2.42. The fourth-order valence-electron chi connectivity index (χ4n) is 12.9. The topological polar surface area (TPSA) is 544 Å². The number of aliphatic imine (C=N–C) groups is 1. The lowest BCUT2D eigenvalue weighted by Gasteiger charge is -2.30. The number of Topliss-reactive ketones (excluding diaryl/α,β-unsaturated/α-hetero) is 2. The van der Waals surface area contributed by atoms with Crippen molar-refractivity contribution in [2.24, 2.45) is 39.8 Å². The lowest BCUT2D eigenvalue weighted by molar-refractivity contribution is -0.146. The number of unbranched alkanes of at least 4 members (excludes halogenated alkanes) is 1. The summed E-state index contributed by atoms with van der Waals surface area (Å²) in [6.45, 7) is 7.46. The largest absolute Gasteiger partial charge is 0.481 e. The van der Waals surface area contributed by atoms with Gasteiger partial charge in [-0.1, -0.05) is 85.3 Å². The number of fused-ring (bicyclic) bond motifs is 4.